The first-order valence-electron chi connectivity index (χ1n) is 9.63. The molecule has 1 unspecified atom stereocenters. The van der Waals surface area contributed by atoms with Crippen LogP contribution >= 0.6 is 0 Å². The van der Waals surface area contributed by atoms with Gasteiger partial charge in [0.05, 0.1) is 18.0 Å². The average Bonchev–Trinajstić information content (AvgIpc) is 2.78. The van der Waals surface area contributed by atoms with E-state index in [-0.39, 0.29) is 23.5 Å². The van der Waals surface area contributed by atoms with Crippen molar-refractivity contribution in [3.05, 3.63) is 84.4 Å². The summed E-state index contributed by atoms with van der Waals surface area (Å²) >= 11 is 0. The van der Waals surface area contributed by atoms with Gasteiger partial charge in [-0.05, 0) is 55.5 Å². The number of amides is 1. The van der Waals surface area contributed by atoms with E-state index in [9.17, 15) is 13.2 Å². The van der Waals surface area contributed by atoms with Crippen LogP contribution in [0.4, 0.5) is 5.69 Å². The number of benzene rings is 3. The van der Waals surface area contributed by atoms with Gasteiger partial charge in [0, 0.05) is 11.3 Å². The fourth-order valence-corrected chi connectivity index (χ4v) is 3.88. The largest absolute Gasteiger partial charge is 0.493 e. The molecule has 0 heterocycles. The monoisotopic (exact) mass is 440 g/mol. The molecule has 162 valence electrons. The molecule has 3 aromatic rings. The maximum Gasteiger partial charge on any atom is 0.261 e. The molecule has 8 heteroatoms. The van der Waals surface area contributed by atoms with Crippen LogP contribution < -0.4 is 19.5 Å². The zero-order chi connectivity index (χ0) is 22.3. The zero-order valence-electron chi connectivity index (χ0n) is 17.2. The van der Waals surface area contributed by atoms with Gasteiger partial charge in [0.25, 0.3) is 15.9 Å². The molecule has 0 aliphatic carbocycles. The Hall–Kier alpha value is -3.52. The van der Waals surface area contributed by atoms with E-state index in [2.05, 4.69) is 10.0 Å². The normalized spacial score (nSPS) is 11.9. The van der Waals surface area contributed by atoms with Gasteiger partial charge in [0.2, 0.25) is 0 Å². The number of carbonyl (C=O) groups excluding carboxylic acids is 1. The fraction of sp³-hybridized carbons (Fsp3) is 0.174. The van der Waals surface area contributed by atoms with Crippen molar-refractivity contribution >= 4 is 21.6 Å². The summed E-state index contributed by atoms with van der Waals surface area (Å²) in [4.78, 5) is 12.6. The van der Waals surface area contributed by atoms with Crippen molar-refractivity contribution in [2.45, 2.75) is 17.9 Å². The number of sulfonamides is 1. The molecule has 0 spiro atoms. The third-order valence-corrected chi connectivity index (χ3v) is 5.79. The SMILES string of the molecule is COc1ccccc1OCC(C)NC(=O)c1ccc(NS(=O)(=O)c2ccccc2)cc1. The van der Waals surface area contributed by atoms with Gasteiger partial charge in [0.15, 0.2) is 11.5 Å². The van der Waals surface area contributed by atoms with Crippen molar-refractivity contribution in [3.63, 3.8) is 0 Å². The molecule has 0 radical (unpaired) electrons. The molecule has 3 rings (SSSR count). The van der Waals surface area contributed by atoms with E-state index in [4.69, 9.17) is 9.47 Å². The quantitative estimate of drug-likeness (QED) is 0.529. The number of para-hydroxylation sites is 2. The minimum absolute atomic E-state index is 0.167. The van der Waals surface area contributed by atoms with Crippen LogP contribution in [0.1, 0.15) is 17.3 Å². The number of nitrogens with one attached hydrogen (secondary N) is 2. The molecule has 0 aromatic heterocycles. The molecule has 1 atom stereocenters. The molecule has 0 aliphatic rings. The van der Waals surface area contributed by atoms with Gasteiger partial charge in [-0.25, -0.2) is 8.42 Å². The lowest BCUT2D eigenvalue weighted by Gasteiger charge is -2.16. The number of hydrogen-bond donors (Lipinski definition) is 2. The van der Waals surface area contributed by atoms with Gasteiger partial charge in [0.1, 0.15) is 6.61 Å². The van der Waals surface area contributed by atoms with E-state index in [0.29, 0.717) is 22.7 Å². The van der Waals surface area contributed by atoms with E-state index in [1.54, 1.807) is 61.7 Å². The van der Waals surface area contributed by atoms with E-state index in [1.165, 1.54) is 12.1 Å². The Bertz CT molecular complexity index is 1120. The maximum absolute atomic E-state index is 12.5. The summed E-state index contributed by atoms with van der Waals surface area (Å²) in [5, 5.41) is 2.85. The molecule has 0 saturated heterocycles. The van der Waals surface area contributed by atoms with Crippen LogP contribution in [0.2, 0.25) is 0 Å². The molecule has 0 bridgehead atoms. The summed E-state index contributed by atoms with van der Waals surface area (Å²) in [5.74, 6) is 0.935. The standard InChI is InChI=1S/C23H24N2O5S/c1-17(16-30-22-11-7-6-10-21(22)29-2)24-23(26)18-12-14-19(15-13-18)25-31(27,28)20-8-4-3-5-9-20/h3-15,17,25H,16H2,1-2H3,(H,24,26). The van der Waals surface area contributed by atoms with Crippen molar-refractivity contribution in [2.75, 3.05) is 18.4 Å². The summed E-state index contributed by atoms with van der Waals surface area (Å²) in [6.07, 6.45) is 0. The Morgan fingerprint density at radius 3 is 2.16 bits per heavy atom. The number of rotatable bonds is 9. The summed E-state index contributed by atoms with van der Waals surface area (Å²) in [6, 6.07) is 21.3. The second-order valence-corrected chi connectivity index (χ2v) is 8.51. The van der Waals surface area contributed by atoms with Crippen molar-refractivity contribution in [1.29, 1.82) is 0 Å². The van der Waals surface area contributed by atoms with E-state index in [1.807, 2.05) is 19.1 Å². The van der Waals surface area contributed by atoms with Gasteiger partial charge in [-0.1, -0.05) is 30.3 Å². The van der Waals surface area contributed by atoms with Crippen LogP contribution in [0.5, 0.6) is 11.5 Å². The van der Waals surface area contributed by atoms with E-state index in [0.717, 1.165) is 0 Å². The predicted octanol–water partition coefficient (Wildman–Crippen LogP) is 3.69. The topological polar surface area (TPSA) is 93.7 Å². The van der Waals surface area contributed by atoms with Gasteiger partial charge in [-0.2, -0.15) is 0 Å². The minimum atomic E-state index is -3.68. The third-order valence-electron chi connectivity index (χ3n) is 4.39. The first kappa shape index (κ1) is 22.2. The Kier molecular flexibility index (Phi) is 7.15. The lowest BCUT2D eigenvalue weighted by molar-refractivity contribution is 0.0926. The van der Waals surface area contributed by atoms with Crippen LogP contribution in [-0.4, -0.2) is 34.1 Å². The molecular formula is C23H24N2O5S. The summed E-state index contributed by atoms with van der Waals surface area (Å²) in [7, 11) is -2.12. The van der Waals surface area contributed by atoms with E-state index < -0.39 is 10.0 Å². The summed E-state index contributed by atoms with van der Waals surface area (Å²) < 4.78 is 38.2. The van der Waals surface area contributed by atoms with Crippen molar-refractivity contribution in [1.82, 2.24) is 5.32 Å². The Morgan fingerprint density at radius 2 is 1.52 bits per heavy atom. The van der Waals surface area contributed by atoms with Crippen molar-refractivity contribution in [3.8, 4) is 11.5 Å². The van der Waals surface area contributed by atoms with Gasteiger partial charge >= 0.3 is 0 Å². The number of ether oxygens (including phenoxy) is 2. The second kappa shape index (κ2) is 9.99. The van der Waals surface area contributed by atoms with Crippen molar-refractivity contribution in [2.24, 2.45) is 0 Å². The lowest BCUT2D eigenvalue weighted by atomic mass is 10.2. The average molecular weight is 441 g/mol. The van der Waals surface area contributed by atoms with Crippen LogP contribution in [-0.2, 0) is 10.0 Å². The lowest BCUT2D eigenvalue weighted by Crippen LogP contribution is -2.36. The highest BCUT2D eigenvalue weighted by atomic mass is 32.2. The highest BCUT2D eigenvalue weighted by Crippen LogP contribution is 2.25. The predicted molar refractivity (Wildman–Crippen MR) is 119 cm³/mol. The second-order valence-electron chi connectivity index (χ2n) is 6.83. The van der Waals surface area contributed by atoms with Crippen LogP contribution in [0.3, 0.4) is 0 Å². The highest BCUT2D eigenvalue weighted by molar-refractivity contribution is 7.92. The maximum atomic E-state index is 12.5. The Morgan fingerprint density at radius 1 is 0.903 bits per heavy atom. The first-order valence-corrected chi connectivity index (χ1v) is 11.1. The molecule has 3 aromatic carbocycles. The smallest absolute Gasteiger partial charge is 0.261 e. The molecular weight excluding hydrogens is 416 g/mol. The van der Waals surface area contributed by atoms with Crippen LogP contribution in [0, 0.1) is 0 Å². The van der Waals surface area contributed by atoms with Gasteiger partial charge < -0.3 is 14.8 Å². The number of hydrogen-bond acceptors (Lipinski definition) is 5. The van der Waals surface area contributed by atoms with E-state index >= 15 is 0 Å². The molecule has 2 N–H and O–H groups in total. The number of carbonyl (C=O) groups is 1. The first-order chi connectivity index (χ1) is 14.9. The highest BCUT2D eigenvalue weighted by Gasteiger charge is 2.15. The molecule has 31 heavy (non-hydrogen) atoms. The fourth-order valence-electron chi connectivity index (χ4n) is 2.80. The van der Waals surface area contributed by atoms with Crippen LogP contribution in [0.25, 0.3) is 0 Å². The Labute approximate surface area is 182 Å². The third kappa shape index (κ3) is 5.99. The zero-order valence-corrected chi connectivity index (χ0v) is 18.1. The van der Waals surface area contributed by atoms with Crippen molar-refractivity contribution < 1.29 is 22.7 Å². The number of anilines is 1. The summed E-state index contributed by atoms with van der Waals surface area (Å²) in [5.41, 5.74) is 0.778. The minimum Gasteiger partial charge on any atom is -0.493 e. The molecule has 0 fully saturated rings. The Balaban J connectivity index is 1.56. The van der Waals surface area contributed by atoms with Gasteiger partial charge in [-0.15, -0.1) is 0 Å². The molecule has 0 aliphatic heterocycles. The molecule has 7 nitrogen and oxygen atoms in total. The number of methoxy groups -OCH3 is 1. The van der Waals surface area contributed by atoms with Gasteiger partial charge in [-0.3, -0.25) is 9.52 Å². The molecule has 0 saturated carbocycles. The summed E-state index contributed by atoms with van der Waals surface area (Å²) in [6.45, 7) is 2.09. The molecule has 1 amide bonds. The van der Waals surface area contributed by atoms with Crippen LogP contribution in [0.15, 0.2) is 83.8 Å².